The summed E-state index contributed by atoms with van der Waals surface area (Å²) in [4.78, 5) is 12.7. The summed E-state index contributed by atoms with van der Waals surface area (Å²) in [6.45, 7) is 11.1. The largest absolute Gasteiger partial charge is 0.486 e. The number of carbonyl (C=O) groups is 1. The van der Waals surface area contributed by atoms with Gasteiger partial charge in [-0.2, -0.15) is 0 Å². The van der Waals surface area contributed by atoms with Crippen LogP contribution in [0.4, 0.5) is 5.69 Å². The molecule has 0 saturated carbocycles. The highest BCUT2D eigenvalue weighted by Crippen LogP contribution is 2.24. The Kier molecular flexibility index (Phi) is 9.76. The number of amides is 1. The SMILES string of the molecule is C=CCn1c(COc2ccc(CCC)cc2)nnc1SCC(=O)Nc1c(CC)cccc1CC. The predicted octanol–water partition coefficient (Wildman–Crippen LogP) is 5.85. The van der Waals surface area contributed by atoms with Crippen LogP contribution >= 0.6 is 11.8 Å². The minimum atomic E-state index is -0.0567. The molecule has 3 aromatic rings. The molecule has 34 heavy (non-hydrogen) atoms. The second-order valence-electron chi connectivity index (χ2n) is 7.98. The van der Waals surface area contributed by atoms with E-state index < -0.39 is 0 Å². The van der Waals surface area contributed by atoms with Crippen molar-refractivity contribution in [3.8, 4) is 5.75 Å². The number of rotatable bonds is 13. The van der Waals surface area contributed by atoms with Crippen molar-refractivity contribution in [1.29, 1.82) is 0 Å². The van der Waals surface area contributed by atoms with Gasteiger partial charge in [-0.25, -0.2) is 0 Å². The Labute approximate surface area is 206 Å². The number of nitrogens with zero attached hydrogens (tertiary/aromatic N) is 3. The summed E-state index contributed by atoms with van der Waals surface area (Å²) >= 11 is 1.37. The first kappa shape index (κ1) is 25.6. The molecule has 7 heteroatoms. The number of nitrogens with one attached hydrogen (secondary N) is 1. The van der Waals surface area contributed by atoms with Crippen molar-refractivity contribution >= 4 is 23.4 Å². The third-order valence-electron chi connectivity index (χ3n) is 5.53. The van der Waals surface area contributed by atoms with Crippen LogP contribution in [0.3, 0.4) is 0 Å². The Hall–Kier alpha value is -3.06. The van der Waals surface area contributed by atoms with Crippen LogP contribution in [0.2, 0.25) is 0 Å². The molecular formula is C27H34N4O2S. The maximum absolute atomic E-state index is 12.7. The molecule has 6 nitrogen and oxygen atoms in total. The Morgan fingerprint density at radius 1 is 1.09 bits per heavy atom. The lowest BCUT2D eigenvalue weighted by Crippen LogP contribution is -2.17. The van der Waals surface area contributed by atoms with Gasteiger partial charge < -0.3 is 10.1 Å². The van der Waals surface area contributed by atoms with Crippen LogP contribution < -0.4 is 10.1 Å². The standard InChI is InChI=1S/C27H34N4O2S/c1-5-10-20-13-15-23(16-14-20)33-18-24-29-30-27(31(24)17-6-2)34-19-25(32)28-26-21(7-3)11-9-12-22(26)8-4/h6,9,11-16H,2,5,7-8,10,17-19H2,1,3-4H3,(H,28,32). The van der Waals surface area contributed by atoms with E-state index in [9.17, 15) is 4.79 Å². The van der Waals surface area contributed by atoms with E-state index in [1.165, 1.54) is 17.3 Å². The molecule has 1 aromatic heterocycles. The van der Waals surface area contributed by atoms with Crippen molar-refractivity contribution in [2.75, 3.05) is 11.1 Å². The van der Waals surface area contributed by atoms with Crippen LogP contribution in [-0.4, -0.2) is 26.4 Å². The molecule has 0 spiro atoms. The Bertz CT molecular complexity index is 1070. The van der Waals surface area contributed by atoms with Gasteiger partial charge in [-0.1, -0.05) is 75.4 Å². The number of anilines is 1. The van der Waals surface area contributed by atoms with Gasteiger partial charge in [0.05, 0.1) is 5.75 Å². The van der Waals surface area contributed by atoms with Gasteiger partial charge in [-0.3, -0.25) is 9.36 Å². The highest BCUT2D eigenvalue weighted by atomic mass is 32.2. The highest BCUT2D eigenvalue weighted by molar-refractivity contribution is 7.99. The third-order valence-corrected chi connectivity index (χ3v) is 6.50. The van der Waals surface area contributed by atoms with Gasteiger partial charge in [-0.05, 0) is 48.1 Å². The molecule has 2 aromatic carbocycles. The van der Waals surface area contributed by atoms with Crippen molar-refractivity contribution in [1.82, 2.24) is 14.8 Å². The summed E-state index contributed by atoms with van der Waals surface area (Å²) in [6.07, 6.45) is 5.71. The lowest BCUT2D eigenvalue weighted by atomic mass is 10.0. The number of para-hydroxylation sites is 1. The average molecular weight is 479 g/mol. The molecule has 1 N–H and O–H groups in total. The van der Waals surface area contributed by atoms with Gasteiger partial charge in [0.25, 0.3) is 0 Å². The van der Waals surface area contributed by atoms with Crippen molar-refractivity contribution in [2.24, 2.45) is 0 Å². The second-order valence-corrected chi connectivity index (χ2v) is 8.92. The van der Waals surface area contributed by atoms with Gasteiger partial charge in [-0.15, -0.1) is 16.8 Å². The first-order valence-corrected chi connectivity index (χ1v) is 12.9. The van der Waals surface area contributed by atoms with Crippen molar-refractivity contribution < 1.29 is 9.53 Å². The van der Waals surface area contributed by atoms with E-state index in [1.807, 2.05) is 22.8 Å². The molecule has 0 atom stereocenters. The van der Waals surface area contributed by atoms with Crippen molar-refractivity contribution in [3.05, 3.63) is 77.6 Å². The summed E-state index contributed by atoms with van der Waals surface area (Å²) in [5, 5.41) is 12.4. The molecule has 0 fully saturated rings. The first-order chi connectivity index (χ1) is 16.6. The molecule has 0 aliphatic rings. The molecule has 1 heterocycles. The summed E-state index contributed by atoms with van der Waals surface area (Å²) < 4.78 is 7.87. The van der Waals surface area contributed by atoms with Gasteiger partial charge in [0, 0.05) is 12.2 Å². The van der Waals surface area contributed by atoms with E-state index in [-0.39, 0.29) is 11.7 Å². The third kappa shape index (κ3) is 6.73. The van der Waals surface area contributed by atoms with Gasteiger partial charge in [0.15, 0.2) is 11.0 Å². The van der Waals surface area contributed by atoms with Crippen LogP contribution in [0, 0.1) is 0 Å². The fraction of sp³-hybridized carbons (Fsp3) is 0.370. The smallest absolute Gasteiger partial charge is 0.234 e. The summed E-state index contributed by atoms with van der Waals surface area (Å²) in [5.74, 6) is 1.68. The molecule has 0 unspecified atom stereocenters. The lowest BCUT2D eigenvalue weighted by Gasteiger charge is -2.14. The van der Waals surface area contributed by atoms with E-state index >= 15 is 0 Å². The number of hydrogen-bond donors (Lipinski definition) is 1. The van der Waals surface area contributed by atoms with E-state index in [2.05, 4.69) is 67.1 Å². The number of allylic oxidation sites excluding steroid dienone is 1. The van der Waals surface area contributed by atoms with Crippen LogP contribution in [-0.2, 0) is 37.2 Å². The highest BCUT2D eigenvalue weighted by Gasteiger charge is 2.16. The number of carbonyl (C=O) groups excluding carboxylic acids is 1. The monoisotopic (exact) mass is 478 g/mol. The van der Waals surface area contributed by atoms with Crippen molar-refractivity contribution in [2.45, 2.75) is 64.8 Å². The zero-order valence-corrected chi connectivity index (χ0v) is 21.2. The molecule has 0 radical (unpaired) electrons. The zero-order valence-electron chi connectivity index (χ0n) is 20.3. The topological polar surface area (TPSA) is 69.0 Å². The van der Waals surface area contributed by atoms with Crippen LogP contribution in [0.25, 0.3) is 0 Å². The maximum atomic E-state index is 12.7. The maximum Gasteiger partial charge on any atom is 0.234 e. The van der Waals surface area contributed by atoms with E-state index in [0.29, 0.717) is 24.1 Å². The number of aromatic nitrogens is 3. The summed E-state index contributed by atoms with van der Waals surface area (Å²) in [5.41, 5.74) is 4.53. The van der Waals surface area contributed by atoms with E-state index in [4.69, 9.17) is 4.74 Å². The number of aryl methyl sites for hydroxylation is 3. The summed E-state index contributed by atoms with van der Waals surface area (Å²) in [6, 6.07) is 14.3. The van der Waals surface area contributed by atoms with Crippen LogP contribution in [0.5, 0.6) is 5.75 Å². The molecular weight excluding hydrogens is 444 g/mol. The lowest BCUT2D eigenvalue weighted by molar-refractivity contribution is -0.113. The molecule has 0 aliphatic carbocycles. The molecule has 0 bridgehead atoms. The molecule has 1 amide bonds. The molecule has 0 saturated heterocycles. The van der Waals surface area contributed by atoms with E-state index in [1.54, 1.807) is 6.08 Å². The van der Waals surface area contributed by atoms with E-state index in [0.717, 1.165) is 48.2 Å². The van der Waals surface area contributed by atoms with Gasteiger partial charge in [0.2, 0.25) is 5.91 Å². The Morgan fingerprint density at radius 3 is 2.41 bits per heavy atom. The summed E-state index contributed by atoms with van der Waals surface area (Å²) in [7, 11) is 0. The Morgan fingerprint density at radius 2 is 1.79 bits per heavy atom. The number of ether oxygens (including phenoxy) is 1. The number of hydrogen-bond acceptors (Lipinski definition) is 5. The minimum Gasteiger partial charge on any atom is -0.486 e. The number of thioether (sulfide) groups is 1. The average Bonchev–Trinajstić information content (AvgIpc) is 3.24. The van der Waals surface area contributed by atoms with Gasteiger partial charge in [0.1, 0.15) is 12.4 Å². The fourth-order valence-corrected chi connectivity index (χ4v) is 4.51. The molecule has 180 valence electrons. The fourth-order valence-electron chi connectivity index (χ4n) is 3.74. The first-order valence-electron chi connectivity index (χ1n) is 11.9. The van der Waals surface area contributed by atoms with Crippen LogP contribution in [0.15, 0.2) is 60.3 Å². The second kappa shape index (κ2) is 13.0. The number of benzene rings is 2. The predicted molar refractivity (Wildman–Crippen MR) is 140 cm³/mol. The Balaban J connectivity index is 1.63. The van der Waals surface area contributed by atoms with Gasteiger partial charge >= 0.3 is 0 Å². The molecule has 3 rings (SSSR count). The zero-order chi connectivity index (χ0) is 24.3. The normalized spacial score (nSPS) is 10.8. The minimum absolute atomic E-state index is 0.0567. The molecule has 0 aliphatic heterocycles. The van der Waals surface area contributed by atoms with Crippen LogP contribution in [0.1, 0.15) is 49.7 Å². The quantitative estimate of drug-likeness (QED) is 0.246. The van der Waals surface area contributed by atoms with Crippen molar-refractivity contribution in [3.63, 3.8) is 0 Å².